The fourth-order valence-electron chi connectivity index (χ4n) is 6.52. The molecule has 2 unspecified atom stereocenters. The lowest BCUT2D eigenvalue weighted by Crippen LogP contribution is -2.37. The number of benzene rings is 2. The monoisotopic (exact) mass is 621 g/mol. The number of aromatic nitrogens is 2. The zero-order chi connectivity index (χ0) is 30.9. The molecule has 2 heterocycles. The van der Waals surface area contributed by atoms with Gasteiger partial charge in [-0.1, -0.05) is 30.3 Å². The number of carbonyl (C=O) groups excluding carboxylic acids is 1. The van der Waals surface area contributed by atoms with Gasteiger partial charge in [0.2, 0.25) is 0 Å². The van der Waals surface area contributed by atoms with E-state index in [0.29, 0.717) is 17.1 Å². The third-order valence-electron chi connectivity index (χ3n) is 8.28. The highest BCUT2D eigenvalue weighted by Crippen LogP contribution is 2.58. The summed E-state index contributed by atoms with van der Waals surface area (Å²) in [5.41, 5.74) is -1.76. The molecule has 0 radical (unpaired) electrons. The smallest absolute Gasteiger partial charge is 0.444 e. The molecule has 1 aromatic heterocycles. The highest BCUT2D eigenvalue weighted by Gasteiger charge is 2.50. The van der Waals surface area contributed by atoms with Gasteiger partial charge in [-0.3, -0.25) is 4.90 Å². The fraction of sp³-hybridized carbons (Fsp3) is 0.467. The SMILES string of the molecule is CC(C)(C)OC(=O)N1C[C@@H](F)C[C@H]1c1ncc(-c2ccc(-c3ccc(OS(=O)(=O)C(F)(F)F)c4c3C3CCC4C3)cc2)[nH]1. The minimum atomic E-state index is -5.79. The van der Waals surface area contributed by atoms with Crippen molar-refractivity contribution in [2.24, 2.45) is 0 Å². The highest BCUT2D eigenvalue weighted by atomic mass is 32.2. The topological polar surface area (TPSA) is 102 Å². The number of hydrogen-bond donors (Lipinski definition) is 1. The molecule has 3 aliphatic rings. The van der Waals surface area contributed by atoms with Crippen LogP contribution < -0.4 is 4.18 Å². The van der Waals surface area contributed by atoms with Crippen LogP contribution in [0.3, 0.4) is 0 Å². The maximum absolute atomic E-state index is 14.4. The molecule has 2 aliphatic carbocycles. The predicted octanol–water partition coefficient (Wildman–Crippen LogP) is 7.36. The summed E-state index contributed by atoms with van der Waals surface area (Å²) >= 11 is 0. The van der Waals surface area contributed by atoms with E-state index in [0.717, 1.165) is 41.5 Å². The number of amides is 1. The normalized spacial score (nSPS) is 23.5. The lowest BCUT2D eigenvalue weighted by atomic mass is 9.85. The second kappa shape index (κ2) is 10.2. The molecule has 3 aromatic rings. The van der Waals surface area contributed by atoms with Gasteiger partial charge in [0.05, 0.1) is 24.5 Å². The second-order valence-electron chi connectivity index (χ2n) is 12.4. The van der Waals surface area contributed by atoms with Gasteiger partial charge in [0.15, 0.2) is 0 Å². The summed E-state index contributed by atoms with van der Waals surface area (Å²) in [6.07, 6.45) is 2.29. The summed E-state index contributed by atoms with van der Waals surface area (Å²) in [5, 5.41) is 0. The molecule has 1 N–H and O–H groups in total. The van der Waals surface area contributed by atoms with Gasteiger partial charge in [-0.25, -0.2) is 14.2 Å². The van der Waals surface area contributed by atoms with Gasteiger partial charge >= 0.3 is 21.7 Å². The first-order chi connectivity index (χ1) is 20.1. The first-order valence-corrected chi connectivity index (χ1v) is 15.5. The summed E-state index contributed by atoms with van der Waals surface area (Å²) in [5.74, 6) is 0.248. The van der Waals surface area contributed by atoms with Crippen LogP contribution in [0.2, 0.25) is 0 Å². The van der Waals surface area contributed by atoms with Crippen molar-refractivity contribution < 1.29 is 39.7 Å². The number of imidazole rings is 1. The molecule has 1 saturated carbocycles. The van der Waals surface area contributed by atoms with Crippen LogP contribution >= 0.6 is 0 Å². The summed E-state index contributed by atoms with van der Waals surface area (Å²) in [7, 11) is -5.79. The van der Waals surface area contributed by atoms with Crippen molar-refractivity contribution in [3.8, 4) is 28.1 Å². The number of nitrogens with zero attached hydrogens (tertiary/aromatic N) is 2. The number of likely N-dealkylation sites (tertiary alicyclic amines) is 1. The Labute approximate surface area is 246 Å². The van der Waals surface area contributed by atoms with Crippen LogP contribution in [0.5, 0.6) is 5.75 Å². The average molecular weight is 622 g/mol. The Hall–Kier alpha value is -3.61. The minimum absolute atomic E-state index is 0.0548. The number of aromatic amines is 1. The van der Waals surface area contributed by atoms with Crippen molar-refractivity contribution in [2.45, 2.75) is 81.6 Å². The van der Waals surface area contributed by atoms with Crippen LogP contribution in [0, 0.1) is 0 Å². The molecule has 2 fully saturated rings. The van der Waals surface area contributed by atoms with E-state index in [1.54, 1.807) is 33.0 Å². The van der Waals surface area contributed by atoms with E-state index in [1.165, 1.54) is 11.0 Å². The molecule has 6 rings (SSSR count). The Kier molecular flexibility index (Phi) is 7.02. The molecule has 0 spiro atoms. The molecule has 8 nitrogen and oxygen atoms in total. The number of rotatable bonds is 5. The third-order valence-corrected chi connectivity index (χ3v) is 9.24. The molecule has 1 aliphatic heterocycles. The number of alkyl halides is 4. The predicted molar refractivity (Wildman–Crippen MR) is 150 cm³/mol. The van der Waals surface area contributed by atoms with Crippen LogP contribution in [0.1, 0.15) is 81.3 Å². The Morgan fingerprint density at radius 3 is 2.28 bits per heavy atom. The van der Waals surface area contributed by atoms with Crippen molar-refractivity contribution in [2.75, 3.05) is 6.54 Å². The molecule has 43 heavy (non-hydrogen) atoms. The van der Waals surface area contributed by atoms with Crippen LogP contribution in [0.4, 0.5) is 22.4 Å². The van der Waals surface area contributed by atoms with Gasteiger partial charge in [-0.15, -0.1) is 0 Å². The van der Waals surface area contributed by atoms with Gasteiger partial charge in [-0.05, 0) is 80.2 Å². The van der Waals surface area contributed by atoms with Crippen LogP contribution in [0.25, 0.3) is 22.4 Å². The van der Waals surface area contributed by atoms with Crippen LogP contribution in [-0.2, 0) is 14.9 Å². The number of fused-ring (bicyclic) bond motifs is 5. The molecule has 1 saturated heterocycles. The minimum Gasteiger partial charge on any atom is -0.444 e. The Bertz CT molecular complexity index is 1660. The van der Waals surface area contributed by atoms with Crippen LogP contribution in [0.15, 0.2) is 42.6 Å². The Morgan fingerprint density at radius 1 is 0.977 bits per heavy atom. The number of halogens is 4. The second-order valence-corrected chi connectivity index (χ2v) is 13.9. The molecule has 13 heteroatoms. The number of ether oxygens (including phenoxy) is 1. The maximum atomic E-state index is 14.4. The van der Waals surface area contributed by atoms with Gasteiger partial charge in [0.1, 0.15) is 23.3 Å². The zero-order valence-electron chi connectivity index (χ0n) is 23.7. The van der Waals surface area contributed by atoms with Gasteiger partial charge in [0.25, 0.3) is 0 Å². The van der Waals surface area contributed by atoms with Gasteiger partial charge < -0.3 is 13.9 Å². The average Bonchev–Trinajstić information content (AvgIpc) is 3.71. The molecule has 1 amide bonds. The summed E-state index contributed by atoms with van der Waals surface area (Å²) < 4.78 is 87.1. The van der Waals surface area contributed by atoms with E-state index < -0.39 is 39.5 Å². The zero-order valence-corrected chi connectivity index (χ0v) is 24.6. The van der Waals surface area contributed by atoms with E-state index in [1.807, 2.05) is 24.3 Å². The lowest BCUT2D eigenvalue weighted by molar-refractivity contribution is -0.0500. The molecule has 4 atom stereocenters. The van der Waals surface area contributed by atoms with E-state index in [9.17, 15) is 30.8 Å². The standard InChI is InChI=1S/C30H31F4N3O5S/c1-29(2,3)41-28(38)37-15-20(31)13-23(37)27-35-14-22(36-27)17-6-4-16(5-7-17)21-10-11-24(42-43(39,40)30(32,33)34)26-19-9-8-18(12-19)25(21)26/h4-7,10-11,14,18-20,23H,8-9,12-13,15H2,1-3H3,(H,35,36)/t18?,19?,20-,23-/m0/s1. The Balaban J connectivity index is 1.26. The first kappa shape index (κ1) is 29.5. The first-order valence-electron chi connectivity index (χ1n) is 14.1. The Morgan fingerprint density at radius 2 is 1.63 bits per heavy atom. The van der Waals surface area contributed by atoms with E-state index in [2.05, 4.69) is 14.2 Å². The van der Waals surface area contributed by atoms with Crippen molar-refractivity contribution in [3.05, 3.63) is 59.5 Å². The van der Waals surface area contributed by atoms with Crippen molar-refractivity contribution in [1.82, 2.24) is 14.9 Å². The quantitative estimate of drug-likeness (QED) is 0.182. The lowest BCUT2D eigenvalue weighted by Gasteiger charge is -2.27. The highest BCUT2D eigenvalue weighted by molar-refractivity contribution is 7.88. The summed E-state index contributed by atoms with van der Waals surface area (Å²) in [4.78, 5) is 21.7. The molecule has 2 aromatic carbocycles. The number of carbonyl (C=O) groups is 1. The maximum Gasteiger partial charge on any atom is 0.534 e. The molecule has 230 valence electrons. The largest absolute Gasteiger partial charge is 0.534 e. The molecular weight excluding hydrogens is 590 g/mol. The number of nitrogens with one attached hydrogen (secondary N) is 1. The fourth-order valence-corrected chi connectivity index (χ4v) is 7.00. The number of H-pyrrole nitrogens is 1. The van der Waals surface area contributed by atoms with Gasteiger partial charge in [-0.2, -0.15) is 21.6 Å². The summed E-state index contributed by atoms with van der Waals surface area (Å²) in [6.45, 7) is 5.16. The van der Waals surface area contributed by atoms with E-state index in [-0.39, 0.29) is 30.6 Å². The van der Waals surface area contributed by atoms with E-state index >= 15 is 0 Å². The summed E-state index contributed by atoms with van der Waals surface area (Å²) in [6, 6.07) is 9.81. The van der Waals surface area contributed by atoms with E-state index in [4.69, 9.17) is 4.74 Å². The van der Waals surface area contributed by atoms with Crippen molar-refractivity contribution in [3.63, 3.8) is 0 Å². The molecular formula is C30H31F4N3O5S. The van der Waals surface area contributed by atoms with Gasteiger partial charge in [0, 0.05) is 12.0 Å². The number of hydrogen-bond acceptors (Lipinski definition) is 6. The molecule has 2 bridgehead atoms. The van der Waals surface area contributed by atoms with Crippen molar-refractivity contribution >= 4 is 16.2 Å². The van der Waals surface area contributed by atoms with Crippen LogP contribution in [-0.4, -0.2) is 53.2 Å². The third kappa shape index (κ3) is 5.47. The van der Waals surface area contributed by atoms with Crippen molar-refractivity contribution in [1.29, 1.82) is 0 Å².